The Kier molecular flexibility index (Phi) is 4.75. The molecule has 1 aliphatic heterocycles. The van der Waals surface area contributed by atoms with Crippen LogP contribution < -0.4 is 10.1 Å². The quantitative estimate of drug-likeness (QED) is 0.632. The average Bonchev–Trinajstić information content (AvgIpc) is 3.25. The molecular formula is C15H15F4N7O2. The maximum absolute atomic E-state index is 13.9. The third kappa shape index (κ3) is 3.83. The second kappa shape index (κ2) is 7.22. The van der Waals surface area contributed by atoms with Gasteiger partial charge in [-0.3, -0.25) is 5.10 Å². The van der Waals surface area contributed by atoms with Gasteiger partial charge in [-0.25, -0.2) is 4.98 Å². The Bertz CT molecular complexity index is 965. The van der Waals surface area contributed by atoms with Crippen molar-refractivity contribution in [1.82, 2.24) is 29.8 Å². The van der Waals surface area contributed by atoms with Crippen LogP contribution in [0.15, 0.2) is 12.4 Å². The predicted molar refractivity (Wildman–Crippen MR) is 87.3 cm³/mol. The second-order valence-corrected chi connectivity index (χ2v) is 6.14. The van der Waals surface area contributed by atoms with Crippen molar-refractivity contribution in [3.63, 3.8) is 0 Å². The fourth-order valence-corrected chi connectivity index (χ4v) is 2.82. The van der Waals surface area contributed by atoms with Gasteiger partial charge in [-0.05, 0) is 12.8 Å². The van der Waals surface area contributed by atoms with E-state index in [4.69, 9.17) is 9.47 Å². The van der Waals surface area contributed by atoms with Gasteiger partial charge in [0.1, 0.15) is 5.69 Å². The zero-order chi connectivity index (χ0) is 19.7. The Balaban J connectivity index is 1.73. The van der Waals surface area contributed by atoms with Crippen molar-refractivity contribution in [3.05, 3.63) is 18.3 Å². The molecule has 13 heteroatoms. The lowest BCUT2D eigenvalue weighted by Gasteiger charge is -2.22. The van der Waals surface area contributed by atoms with Crippen molar-refractivity contribution in [1.29, 1.82) is 0 Å². The number of H-pyrrole nitrogens is 1. The number of nitrogens with zero attached hydrogens (tertiary/aromatic N) is 5. The molecule has 0 saturated carbocycles. The van der Waals surface area contributed by atoms with E-state index >= 15 is 0 Å². The number of rotatable bonds is 5. The third-order valence-corrected chi connectivity index (χ3v) is 4.11. The monoisotopic (exact) mass is 401 g/mol. The van der Waals surface area contributed by atoms with Crippen LogP contribution in [0.4, 0.5) is 23.5 Å². The van der Waals surface area contributed by atoms with Crippen LogP contribution in [-0.4, -0.2) is 61.8 Å². The van der Waals surface area contributed by atoms with E-state index in [1.807, 2.05) is 0 Å². The maximum Gasteiger partial charge on any atom is 0.422 e. The van der Waals surface area contributed by atoms with E-state index in [-0.39, 0.29) is 34.8 Å². The minimum Gasteiger partial charge on any atom is -0.466 e. The zero-order valence-corrected chi connectivity index (χ0v) is 14.3. The summed E-state index contributed by atoms with van der Waals surface area (Å²) in [6, 6.07) is 0.0736. The Hall–Kier alpha value is -2.96. The summed E-state index contributed by atoms with van der Waals surface area (Å²) in [5.74, 6) is -1.11. The van der Waals surface area contributed by atoms with E-state index in [1.165, 1.54) is 12.4 Å². The first-order chi connectivity index (χ1) is 13.4. The fourth-order valence-electron chi connectivity index (χ4n) is 2.82. The number of ether oxygens (including phenoxy) is 2. The van der Waals surface area contributed by atoms with Crippen molar-refractivity contribution in [3.8, 4) is 17.1 Å². The first-order valence-electron chi connectivity index (χ1n) is 8.40. The normalized spacial score (nSPS) is 15.9. The molecule has 0 amide bonds. The number of nitrogens with one attached hydrogen (secondary N) is 2. The van der Waals surface area contributed by atoms with Gasteiger partial charge in [0, 0.05) is 25.5 Å². The second-order valence-electron chi connectivity index (χ2n) is 6.14. The summed E-state index contributed by atoms with van der Waals surface area (Å²) in [6.45, 7) is -0.407. The molecule has 0 unspecified atom stereocenters. The minimum absolute atomic E-state index is 0.0736. The minimum atomic E-state index is -4.60. The first kappa shape index (κ1) is 18.4. The molecule has 0 aromatic carbocycles. The Morgan fingerprint density at radius 3 is 2.79 bits per heavy atom. The van der Waals surface area contributed by atoms with E-state index < -0.39 is 18.7 Å². The van der Waals surface area contributed by atoms with Gasteiger partial charge in [0.05, 0.1) is 11.8 Å². The van der Waals surface area contributed by atoms with E-state index in [0.717, 1.165) is 17.4 Å². The number of anilines is 1. The zero-order valence-electron chi connectivity index (χ0n) is 14.3. The summed E-state index contributed by atoms with van der Waals surface area (Å²) in [7, 11) is 0. The van der Waals surface area contributed by atoms with Gasteiger partial charge in [-0.15, -0.1) is 10.2 Å². The molecule has 0 spiro atoms. The van der Waals surface area contributed by atoms with Crippen LogP contribution in [0.25, 0.3) is 16.9 Å². The standard InChI is InChI=1S/C15H15F4N7O2/c16-12-9(5-21-24-12)11-13(28-7-15(17,18)19)26-10(6-20-11)23-14(25-26)22-8-1-3-27-4-2-8/h5-6,8H,1-4,7H2,(H,21,24)(H,22,25). The molecule has 0 radical (unpaired) electrons. The molecule has 3 aromatic heterocycles. The summed E-state index contributed by atoms with van der Waals surface area (Å²) in [4.78, 5) is 8.22. The molecule has 2 N–H and O–H groups in total. The molecule has 0 aliphatic carbocycles. The summed E-state index contributed by atoms with van der Waals surface area (Å²) >= 11 is 0. The summed E-state index contributed by atoms with van der Waals surface area (Å²) in [5.41, 5.74) is -0.168. The van der Waals surface area contributed by atoms with Crippen LogP contribution >= 0.6 is 0 Å². The number of fused-ring (bicyclic) bond motifs is 1. The molecule has 0 atom stereocenters. The topological polar surface area (TPSA) is 102 Å². The van der Waals surface area contributed by atoms with E-state index in [0.29, 0.717) is 13.2 Å². The van der Waals surface area contributed by atoms with Crippen LogP contribution in [-0.2, 0) is 4.74 Å². The molecule has 0 bridgehead atoms. The molecule has 1 saturated heterocycles. The summed E-state index contributed by atoms with van der Waals surface area (Å²) < 4.78 is 63.2. The Morgan fingerprint density at radius 2 is 2.11 bits per heavy atom. The largest absolute Gasteiger partial charge is 0.466 e. The highest BCUT2D eigenvalue weighted by Crippen LogP contribution is 2.31. The molecule has 4 rings (SSSR count). The van der Waals surface area contributed by atoms with Crippen molar-refractivity contribution in [2.45, 2.75) is 25.1 Å². The van der Waals surface area contributed by atoms with Gasteiger partial charge in [0.25, 0.3) is 0 Å². The predicted octanol–water partition coefficient (Wildman–Crippen LogP) is 2.19. The van der Waals surface area contributed by atoms with Gasteiger partial charge in [-0.1, -0.05) is 0 Å². The molecular weight excluding hydrogens is 386 g/mol. The van der Waals surface area contributed by atoms with Crippen molar-refractivity contribution >= 4 is 11.6 Å². The van der Waals surface area contributed by atoms with Gasteiger partial charge in [0.15, 0.2) is 12.3 Å². The number of aromatic amines is 1. The van der Waals surface area contributed by atoms with Gasteiger partial charge < -0.3 is 14.8 Å². The number of aromatic nitrogens is 6. The van der Waals surface area contributed by atoms with Crippen LogP contribution in [0.2, 0.25) is 0 Å². The maximum atomic E-state index is 13.9. The molecule has 1 aliphatic rings. The SMILES string of the molecule is Fc1n[nH]cc1-c1ncc2nc(NC3CCOCC3)nn2c1OCC(F)(F)F. The lowest BCUT2D eigenvalue weighted by Crippen LogP contribution is -2.28. The molecule has 4 heterocycles. The number of halogens is 4. The first-order valence-corrected chi connectivity index (χ1v) is 8.40. The highest BCUT2D eigenvalue weighted by molar-refractivity contribution is 5.65. The third-order valence-electron chi connectivity index (χ3n) is 4.11. The van der Waals surface area contributed by atoms with Crippen molar-refractivity contribution in [2.75, 3.05) is 25.1 Å². The van der Waals surface area contributed by atoms with Crippen LogP contribution in [0.3, 0.4) is 0 Å². The number of hydrogen-bond donors (Lipinski definition) is 2. The Labute approximate surface area is 155 Å². The molecule has 3 aromatic rings. The summed E-state index contributed by atoms with van der Waals surface area (Å²) in [6.07, 6.45) is -0.669. The van der Waals surface area contributed by atoms with Crippen LogP contribution in [0.5, 0.6) is 5.88 Å². The lowest BCUT2D eigenvalue weighted by atomic mass is 10.1. The lowest BCUT2D eigenvalue weighted by molar-refractivity contribution is -0.154. The summed E-state index contributed by atoms with van der Waals surface area (Å²) in [5, 5.41) is 12.9. The van der Waals surface area contributed by atoms with E-state index in [1.54, 1.807) is 0 Å². The smallest absolute Gasteiger partial charge is 0.422 e. The van der Waals surface area contributed by atoms with Crippen molar-refractivity contribution < 1.29 is 27.0 Å². The molecule has 9 nitrogen and oxygen atoms in total. The Morgan fingerprint density at radius 1 is 1.32 bits per heavy atom. The number of hydrogen-bond acceptors (Lipinski definition) is 7. The van der Waals surface area contributed by atoms with Gasteiger partial charge >= 0.3 is 6.18 Å². The molecule has 150 valence electrons. The van der Waals surface area contributed by atoms with Gasteiger partial charge in [0.2, 0.25) is 17.8 Å². The highest BCUT2D eigenvalue weighted by atomic mass is 19.4. The van der Waals surface area contributed by atoms with E-state index in [2.05, 4.69) is 30.6 Å². The van der Waals surface area contributed by atoms with Crippen LogP contribution in [0, 0.1) is 5.95 Å². The van der Waals surface area contributed by atoms with E-state index in [9.17, 15) is 17.6 Å². The van der Waals surface area contributed by atoms with Crippen molar-refractivity contribution in [2.24, 2.45) is 0 Å². The highest BCUT2D eigenvalue weighted by Gasteiger charge is 2.31. The number of alkyl halides is 3. The average molecular weight is 401 g/mol. The fraction of sp³-hybridized carbons (Fsp3) is 0.467. The molecule has 28 heavy (non-hydrogen) atoms. The van der Waals surface area contributed by atoms with Crippen LogP contribution in [0.1, 0.15) is 12.8 Å². The molecule has 1 fully saturated rings. The van der Waals surface area contributed by atoms with Gasteiger partial charge in [-0.2, -0.15) is 27.1 Å².